The molecule has 3 aliphatic rings. The van der Waals surface area contributed by atoms with Crippen LogP contribution in [0.3, 0.4) is 0 Å². The van der Waals surface area contributed by atoms with E-state index >= 15 is 4.39 Å². The summed E-state index contributed by atoms with van der Waals surface area (Å²) in [5.74, 6) is 0.364. The highest BCUT2D eigenvalue weighted by Gasteiger charge is 2.30. The summed E-state index contributed by atoms with van der Waals surface area (Å²) in [5.41, 5.74) is 3.33. The molecule has 1 aromatic heterocycles. The topological polar surface area (TPSA) is 87.0 Å². The monoisotopic (exact) mass is 455 g/mol. The van der Waals surface area contributed by atoms with Gasteiger partial charge in [0, 0.05) is 70.2 Å². The van der Waals surface area contributed by atoms with Crippen molar-refractivity contribution in [2.75, 3.05) is 45.7 Å². The van der Waals surface area contributed by atoms with E-state index < -0.39 is 0 Å². The molecule has 4 heterocycles. The Labute approximate surface area is 192 Å². The first-order valence-corrected chi connectivity index (χ1v) is 11.5. The number of anilines is 2. The number of benzene rings is 1. The summed E-state index contributed by atoms with van der Waals surface area (Å²) in [6, 6.07) is 5.39. The lowest BCUT2D eigenvalue weighted by atomic mass is 10.0. The van der Waals surface area contributed by atoms with Crippen LogP contribution in [0.15, 0.2) is 23.3 Å². The van der Waals surface area contributed by atoms with E-state index in [1.54, 1.807) is 24.1 Å². The van der Waals surface area contributed by atoms with E-state index in [0.717, 1.165) is 36.2 Å². The number of carbonyl (C=O) groups excluding carboxylic acids is 1. The van der Waals surface area contributed by atoms with Crippen molar-refractivity contribution < 1.29 is 13.9 Å². The third-order valence-electron chi connectivity index (χ3n) is 6.70. The molecule has 1 atom stereocenters. The van der Waals surface area contributed by atoms with Gasteiger partial charge in [-0.3, -0.25) is 9.69 Å². The fraction of sp³-hybridized carbons (Fsp3) is 0.522. The molecule has 2 amide bonds. The smallest absolute Gasteiger partial charge is 0.317 e. The lowest BCUT2D eigenvalue weighted by Crippen LogP contribution is -2.41. The summed E-state index contributed by atoms with van der Waals surface area (Å²) in [7, 11) is 3.54. The normalized spacial score (nSPS) is 20.8. The van der Waals surface area contributed by atoms with Crippen molar-refractivity contribution in [3.63, 3.8) is 0 Å². The Hall–Kier alpha value is -3.14. The summed E-state index contributed by atoms with van der Waals surface area (Å²) < 4.78 is 22.7. The van der Waals surface area contributed by atoms with Crippen molar-refractivity contribution in [2.24, 2.45) is 5.10 Å². The van der Waals surface area contributed by atoms with Crippen LogP contribution in [-0.2, 0) is 17.7 Å². The fourth-order valence-electron chi connectivity index (χ4n) is 4.87. The molecule has 2 N–H and O–H groups in total. The van der Waals surface area contributed by atoms with Gasteiger partial charge in [0.25, 0.3) is 0 Å². The zero-order valence-electron chi connectivity index (χ0n) is 19.1. The van der Waals surface area contributed by atoms with Gasteiger partial charge >= 0.3 is 6.03 Å². The van der Waals surface area contributed by atoms with Crippen LogP contribution >= 0.6 is 0 Å². The first-order chi connectivity index (χ1) is 16.0. The van der Waals surface area contributed by atoms with E-state index in [1.807, 2.05) is 24.3 Å². The highest BCUT2D eigenvalue weighted by molar-refractivity contribution is 5.75. The molecule has 0 aliphatic carbocycles. The minimum Gasteiger partial charge on any atom is -0.381 e. The molecule has 3 aliphatic heterocycles. The summed E-state index contributed by atoms with van der Waals surface area (Å²) in [6.45, 7) is 3.22. The molecule has 0 bridgehead atoms. The minimum atomic E-state index is -0.330. The van der Waals surface area contributed by atoms with Crippen LogP contribution in [0.25, 0.3) is 0 Å². The second kappa shape index (κ2) is 9.01. The highest BCUT2D eigenvalue weighted by atomic mass is 19.1. The van der Waals surface area contributed by atoms with Gasteiger partial charge < -0.3 is 20.3 Å². The second-order valence-electron chi connectivity index (χ2n) is 8.86. The molecule has 33 heavy (non-hydrogen) atoms. The molecule has 0 radical (unpaired) electrons. The van der Waals surface area contributed by atoms with Crippen LogP contribution in [0, 0.1) is 5.82 Å². The van der Waals surface area contributed by atoms with Gasteiger partial charge in [-0.2, -0.15) is 10.2 Å². The van der Waals surface area contributed by atoms with Crippen LogP contribution in [-0.4, -0.2) is 72.3 Å². The lowest BCUT2D eigenvalue weighted by Gasteiger charge is -2.29. The number of nitrogens with one attached hydrogen (secondary N) is 2. The number of aromatic nitrogens is 2. The van der Waals surface area contributed by atoms with Crippen LogP contribution < -0.4 is 10.6 Å². The maximum Gasteiger partial charge on any atom is 0.317 e. The standard InChI is InChI=1S/C23H30FN7O2/c1-25-23(32)30-8-5-21-18(14-30)22(28-31(21)17-6-9-33-10-7-17)27-20-4-3-15(11-19(20)24)16-12-26-29(2)13-16/h3-4,11-12,16-17H,5-10,13-14H2,1-2H3,(H,25,32)(H,27,28). The maximum absolute atomic E-state index is 15.1. The SMILES string of the molecule is CNC(=O)N1CCc2c(c(Nc3ccc(C4C=NN(C)C4)cc3F)nn2C2CCOCC2)C1. The number of ether oxygens (including phenoxy) is 1. The number of likely N-dealkylation sites (N-methyl/N-ethyl adjacent to an activating group) is 1. The zero-order valence-corrected chi connectivity index (χ0v) is 19.1. The van der Waals surface area contributed by atoms with Gasteiger partial charge in [0.15, 0.2) is 5.82 Å². The number of nitrogens with zero attached hydrogens (tertiary/aromatic N) is 5. The number of urea groups is 1. The Bertz CT molecular complexity index is 1060. The molecular weight excluding hydrogens is 425 g/mol. The van der Waals surface area contributed by atoms with Crippen molar-refractivity contribution >= 4 is 23.8 Å². The molecular formula is C23H30FN7O2. The largest absolute Gasteiger partial charge is 0.381 e. The molecule has 0 saturated carbocycles. The van der Waals surface area contributed by atoms with E-state index in [-0.39, 0.29) is 23.8 Å². The maximum atomic E-state index is 15.1. The van der Waals surface area contributed by atoms with Gasteiger partial charge in [-0.05, 0) is 30.5 Å². The Kier molecular flexibility index (Phi) is 5.92. The molecule has 0 spiro atoms. The Morgan fingerprint density at radius 3 is 2.79 bits per heavy atom. The van der Waals surface area contributed by atoms with Crippen LogP contribution in [0.2, 0.25) is 0 Å². The summed E-state index contributed by atoms with van der Waals surface area (Å²) >= 11 is 0. The quantitative estimate of drug-likeness (QED) is 0.741. The van der Waals surface area contributed by atoms with E-state index in [2.05, 4.69) is 20.4 Å². The fourth-order valence-corrected chi connectivity index (χ4v) is 4.87. The van der Waals surface area contributed by atoms with Gasteiger partial charge in [0.1, 0.15) is 5.82 Å². The third kappa shape index (κ3) is 4.27. The van der Waals surface area contributed by atoms with Crippen molar-refractivity contribution in [1.82, 2.24) is 25.0 Å². The Morgan fingerprint density at radius 1 is 1.27 bits per heavy atom. The number of hydrogen-bond acceptors (Lipinski definition) is 6. The van der Waals surface area contributed by atoms with Crippen LogP contribution in [0.4, 0.5) is 20.7 Å². The molecule has 1 fully saturated rings. The van der Waals surface area contributed by atoms with Crippen molar-refractivity contribution in [1.29, 1.82) is 0 Å². The Morgan fingerprint density at radius 2 is 2.09 bits per heavy atom. The average Bonchev–Trinajstić information content (AvgIpc) is 3.44. The summed E-state index contributed by atoms with van der Waals surface area (Å²) in [6.07, 6.45) is 4.35. The summed E-state index contributed by atoms with van der Waals surface area (Å²) in [5, 5.41) is 16.9. The Balaban J connectivity index is 1.44. The number of hydrogen-bond donors (Lipinski definition) is 2. The van der Waals surface area contributed by atoms with Crippen LogP contribution in [0.1, 0.15) is 41.6 Å². The molecule has 176 valence electrons. The number of rotatable bonds is 4. The van der Waals surface area contributed by atoms with Crippen molar-refractivity contribution in [3.8, 4) is 0 Å². The molecule has 2 aromatic rings. The van der Waals surface area contributed by atoms with Gasteiger partial charge in [0.05, 0.1) is 18.3 Å². The number of halogens is 1. The van der Waals surface area contributed by atoms with E-state index in [0.29, 0.717) is 44.2 Å². The number of fused-ring (bicyclic) bond motifs is 1. The lowest BCUT2D eigenvalue weighted by molar-refractivity contribution is 0.0652. The third-order valence-corrected chi connectivity index (χ3v) is 6.70. The highest BCUT2D eigenvalue weighted by Crippen LogP contribution is 2.34. The number of hydrazone groups is 1. The molecule has 1 saturated heterocycles. The van der Waals surface area contributed by atoms with E-state index in [1.165, 1.54) is 0 Å². The van der Waals surface area contributed by atoms with Gasteiger partial charge in [-0.25, -0.2) is 9.18 Å². The molecule has 1 unspecified atom stereocenters. The van der Waals surface area contributed by atoms with Crippen LogP contribution in [0.5, 0.6) is 0 Å². The van der Waals surface area contributed by atoms with Crippen molar-refractivity contribution in [3.05, 3.63) is 40.8 Å². The predicted molar refractivity (Wildman–Crippen MR) is 123 cm³/mol. The molecule has 1 aromatic carbocycles. The van der Waals surface area contributed by atoms with Gasteiger partial charge in [0.2, 0.25) is 0 Å². The minimum absolute atomic E-state index is 0.0835. The number of carbonyl (C=O) groups is 1. The van der Waals surface area contributed by atoms with Crippen molar-refractivity contribution in [2.45, 2.75) is 37.8 Å². The summed E-state index contributed by atoms with van der Waals surface area (Å²) in [4.78, 5) is 14.0. The zero-order chi connectivity index (χ0) is 22.9. The van der Waals surface area contributed by atoms with E-state index in [4.69, 9.17) is 9.84 Å². The van der Waals surface area contributed by atoms with Gasteiger partial charge in [-0.15, -0.1) is 0 Å². The predicted octanol–water partition coefficient (Wildman–Crippen LogP) is 2.83. The van der Waals surface area contributed by atoms with E-state index in [9.17, 15) is 4.79 Å². The first kappa shape index (κ1) is 21.7. The molecule has 9 nitrogen and oxygen atoms in total. The second-order valence-corrected chi connectivity index (χ2v) is 8.86. The molecule has 5 rings (SSSR count). The molecule has 10 heteroatoms. The number of amides is 2. The average molecular weight is 456 g/mol. The first-order valence-electron chi connectivity index (χ1n) is 11.5. The van der Waals surface area contributed by atoms with Gasteiger partial charge in [-0.1, -0.05) is 6.07 Å².